The van der Waals surface area contributed by atoms with Gasteiger partial charge in [-0.25, -0.2) is 0 Å². The molecule has 2 N–H and O–H groups in total. The van der Waals surface area contributed by atoms with Gasteiger partial charge in [0.2, 0.25) is 0 Å². The molecular formula is C11H13Br2NO3S. The molecule has 0 spiro atoms. The second kappa shape index (κ2) is 6.68. The van der Waals surface area contributed by atoms with Gasteiger partial charge in [0.1, 0.15) is 0 Å². The van der Waals surface area contributed by atoms with Crippen molar-refractivity contribution in [2.45, 2.75) is 26.3 Å². The maximum Gasteiger partial charge on any atom is 0.305 e. The molecule has 4 nitrogen and oxygen atoms in total. The first-order valence-corrected chi connectivity index (χ1v) is 7.69. The zero-order chi connectivity index (χ0) is 13.9. The van der Waals surface area contributed by atoms with E-state index in [1.165, 1.54) is 11.3 Å². The van der Waals surface area contributed by atoms with Gasteiger partial charge in [0.05, 0.1) is 15.1 Å². The van der Waals surface area contributed by atoms with E-state index in [2.05, 4.69) is 37.2 Å². The molecule has 1 atom stereocenters. The van der Waals surface area contributed by atoms with Crippen LogP contribution in [0.25, 0.3) is 0 Å². The fraction of sp³-hybridized carbons (Fsp3) is 0.455. The van der Waals surface area contributed by atoms with Gasteiger partial charge in [0.25, 0.3) is 5.91 Å². The number of carboxylic acid groups (broad SMARTS) is 1. The number of nitrogens with one attached hydrogen (secondary N) is 1. The number of rotatable bonds is 5. The first-order chi connectivity index (χ1) is 8.31. The van der Waals surface area contributed by atoms with E-state index in [9.17, 15) is 9.59 Å². The summed E-state index contributed by atoms with van der Waals surface area (Å²) in [6.07, 6.45) is -0.0723. The van der Waals surface area contributed by atoms with Crippen molar-refractivity contribution in [1.29, 1.82) is 0 Å². The van der Waals surface area contributed by atoms with Crippen LogP contribution in [0, 0.1) is 5.92 Å². The Morgan fingerprint density at radius 1 is 1.44 bits per heavy atom. The van der Waals surface area contributed by atoms with Crippen LogP contribution in [0.2, 0.25) is 0 Å². The summed E-state index contributed by atoms with van der Waals surface area (Å²) < 4.78 is 1.66. The molecule has 1 rings (SSSR count). The molecule has 7 heteroatoms. The summed E-state index contributed by atoms with van der Waals surface area (Å²) in [5.41, 5.74) is 0. The maximum absolute atomic E-state index is 12.0. The molecular weight excluding hydrogens is 386 g/mol. The van der Waals surface area contributed by atoms with Crippen LogP contribution < -0.4 is 5.32 Å². The van der Waals surface area contributed by atoms with Gasteiger partial charge < -0.3 is 10.4 Å². The van der Waals surface area contributed by atoms with Crippen molar-refractivity contribution in [3.05, 3.63) is 19.2 Å². The number of aliphatic carboxylic acids is 1. The summed E-state index contributed by atoms with van der Waals surface area (Å²) in [6, 6.07) is 1.34. The predicted octanol–water partition coefficient (Wildman–Crippen LogP) is 3.50. The molecule has 0 aliphatic heterocycles. The highest BCUT2D eigenvalue weighted by molar-refractivity contribution is 9.13. The van der Waals surface area contributed by atoms with E-state index in [4.69, 9.17) is 5.11 Å². The van der Waals surface area contributed by atoms with Gasteiger partial charge in [0, 0.05) is 10.5 Å². The number of carbonyl (C=O) groups is 2. The number of halogens is 2. The van der Waals surface area contributed by atoms with Crippen LogP contribution in [0.4, 0.5) is 0 Å². The number of thiophene rings is 1. The van der Waals surface area contributed by atoms with Crippen molar-refractivity contribution in [2.24, 2.45) is 5.92 Å². The van der Waals surface area contributed by atoms with Gasteiger partial charge in [-0.15, -0.1) is 11.3 Å². The number of carboxylic acids is 1. The van der Waals surface area contributed by atoms with E-state index in [1.807, 2.05) is 13.8 Å². The Morgan fingerprint density at radius 3 is 2.44 bits per heavy atom. The zero-order valence-corrected chi connectivity index (χ0v) is 13.9. The second-order valence-electron chi connectivity index (χ2n) is 4.15. The average Bonchev–Trinajstić information content (AvgIpc) is 2.57. The summed E-state index contributed by atoms with van der Waals surface area (Å²) in [5.74, 6) is -1.09. The highest BCUT2D eigenvalue weighted by Crippen LogP contribution is 2.32. The molecule has 18 heavy (non-hydrogen) atoms. The van der Waals surface area contributed by atoms with Gasteiger partial charge in [-0.3, -0.25) is 9.59 Å². The Bertz CT molecular complexity index is 440. The summed E-state index contributed by atoms with van der Waals surface area (Å²) in [5, 5.41) is 11.6. The van der Waals surface area contributed by atoms with Gasteiger partial charge in [-0.05, 0) is 43.8 Å². The smallest absolute Gasteiger partial charge is 0.305 e. The Labute approximate surface area is 126 Å². The third kappa shape index (κ3) is 4.37. The summed E-state index contributed by atoms with van der Waals surface area (Å²) in [7, 11) is 0. The molecule has 0 aliphatic carbocycles. The van der Waals surface area contributed by atoms with Crippen molar-refractivity contribution in [3.8, 4) is 0 Å². The molecule has 1 heterocycles. The summed E-state index contributed by atoms with van der Waals surface area (Å²) in [4.78, 5) is 23.2. The fourth-order valence-electron chi connectivity index (χ4n) is 1.34. The Kier molecular flexibility index (Phi) is 5.81. The number of hydrogen-bond acceptors (Lipinski definition) is 3. The average molecular weight is 399 g/mol. The van der Waals surface area contributed by atoms with E-state index in [0.717, 1.165) is 8.26 Å². The van der Waals surface area contributed by atoms with Crippen molar-refractivity contribution in [1.82, 2.24) is 5.32 Å². The molecule has 0 fully saturated rings. The van der Waals surface area contributed by atoms with E-state index >= 15 is 0 Å². The standard InChI is InChI=1S/C11H13Br2NO3S/c1-5(2)7(4-9(15)16)14-11(17)8-3-6(12)10(13)18-8/h3,5,7H,4H2,1-2H3,(H,14,17)(H,15,16). The molecule has 0 aromatic carbocycles. The van der Waals surface area contributed by atoms with Crippen molar-refractivity contribution in [3.63, 3.8) is 0 Å². The topological polar surface area (TPSA) is 66.4 Å². The van der Waals surface area contributed by atoms with Gasteiger partial charge in [-0.2, -0.15) is 0 Å². The van der Waals surface area contributed by atoms with E-state index in [1.54, 1.807) is 6.07 Å². The third-order valence-electron chi connectivity index (χ3n) is 2.38. The van der Waals surface area contributed by atoms with E-state index < -0.39 is 5.97 Å². The lowest BCUT2D eigenvalue weighted by Crippen LogP contribution is -2.39. The minimum Gasteiger partial charge on any atom is -0.481 e. The number of carbonyl (C=O) groups excluding carboxylic acids is 1. The van der Waals surface area contributed by atoms with Gasteiger partial charge in [-0.1, -0.05) is 13.8 Å². The lowest BCUT2D eigenvalue weighted by Gasteiger charge is -2.20. The Morgan fingerprint density at radius 2 is 2.06 bits per heavy atom. The molecule has 1 aromatic heterocycles. The van der Waals surface area contributed by atoms with Crippen LogP contribution in [0.5, 0.6) is 0 Å². The second-order valence-corrected chi connectivity index (χ2v) is 7.38. The van der Waals surface area contributed by atoms with Crippen LogP contribution in [0.1, 0.15) is 29.9 Å². The largest absolute Gasteiger partial charge is 0.481 e. The zero-order valence-electron chi connectivity index (χ0n) is 9.87. The van der Waals surface area contributed by atoms with E-state index in [-0.39, 0.29) is 24.3 Å². The Balaban J connectivity index is 2.75. The molecule has 0 radical (unpaired) electrons. The van der Waals surface area contributed by atoms with Crippen LogP contribution in [-0.4, -0.2) is 23.0 Å². The summed E-state index contributed by atoms with van der Waals surface area (Å²) in [6.45, 7) is 3.77. The van der Waals surface area contributed by atoms with Crippen molar-refractivity contribution in [2.75, 3.05) is 0 Å². The summed E-state index contributed by atoms with van der Waals surface area (Å²) >= 11 is 7.93. The maximum atomic E-state index is 12.0. The lowest BCUT2D eigenvalue weighted by molar-refractivity contribution is -0.137. The predicted molar refractivity (Wildman–Crippen MR) is 78.1 cm³/mol. The SMILES string of the molecule is CC(C)C(CC(=O)O)NC(=O)c1cc(Br)c(Br)s1. The molecule has 1 amide bonds. The van der Waals surface area contributed by atoms with Crippen LogP contribution in [0.3, 0.4) is 0 Å². The number of amides is 1. The first kappa shape index (κ1) is 15.7. The lowest BCUT2D eigenvalue weighted by atomic mass is 10.0. The highest BCUT2D eigenvalue weighted by atomic mass is 79.9. The minimum absolute atomic E-state index is 0.0666. The van der Waals surface area contributed by atoms with Crippen LogP contribution in [-0.2, 0) is 4.79 Å². The fourth-order valence-corrected chi connectivity index (χ4v) is 3.28. The quantitative estimate of drug-likeness (QED) is 0.797. The van der Waals surface area contributed by atoms with E-state index in [0.29, 0.717) is 4.88 Å². The molecule has 0 aliphatic rings. The first-order valence-electron chi connectivity index (χ1n) is 5.28. The van der Waals surface area contributed by atoms with Gasteiger partial charge in [0.15, 0.2) is 0 Å². The monoisotopic (exact) mass is 397 g/mol. The highest BCUT2D eigenvalue weighted by Gasteiger charge is 2.21. The third-order valence-corrected chi connectivity index (χ3v) is 5.64. The van der Waals surface area contributed by atoms with Crippen LogP contribution in [0.15, 0.2) is 14.3 Å². The molecule has 1 aromatic rings. The molecule has 0 saturated heterocycles. The Hall–Kier alpha value is -0.400. The normalized spacial score (nSPS) is 12.5. The van der Waals surface area contributed by atoms with Gasteiger partial charge >= 0.3 is 5.97 Å². The van der Waals surface area contributed by atoms with Crippen molar-refractivity contribution >= 4 is 55.1 Å². The number of hydrogen-bond donors (Lipinski definition) is 2. The molecule has 1 unspecified atom stereocenters. The van der Waals surface area contributed by atoms with Crippen molar-refractivity contribution < 1.29 is 14.7 Å². The minimum atomic E-state index is -0.914. The molecule has 100 valence electrons. The molecule has 0 saturated carbocycles. The molecule has 0 bridgehead atoms. The van der Waals surface area contributed by atoms with Crippen LogP contribution >= 0.6 is 43.2 Å².